The van der Waals surface area contributed by atoms with Crippen LogP contribution in [0.4, 0.5) is 18.9 Å². The molecule has 7 heteroatoms. The lowest BCUT2D eigenvalue weighted by molar-refractivity contribution is -0.274. The number of nitrogens with two attached hydrogens (primary N) is 1. The maximum Gasteiger partial charge on any atom is 0.573 e. The molecule has 2 aromatic rings. The lowest BCUT2D eigenvalue weighted by atomic mass is 10.1. The summed E-state index contributed by atoms with van der Waals surface area (Å²) in [5, 5.41) is 0. The summed E-state index contributed by atoms with van der Waals surface area (Å²) >= 11 is 0. The number of hydrogen-bond acceptors (Lipinski definition) is 3. The van der Waals surface area contributed by atoms with E-state index in [9.17, 15) is 13.2 Å². The van der Waals surface area contributed by atoms with Crippen LogP contribution >= 0.6 is 0 Å². The highest BCUT2D eigenvalue weighted by Gasteiger charge is 2.31. The fourth-order valence-corrected chi connectivity index (χ4v) is 2.07. The van der Waals surface area contributed by atoms with E-state index in [4.69, 9.17) is 5.73 Å². The van der Waals surface area contributed by atoms with Crippen molar-refractivity contribution in [1.29, 1.82) is 0 Å². The molecule has 1 heterocycles. The zero-order valence-corrected chi connectivity index (χ0v) is 11.1. The zero-order valence-electron chi connectivity index (χ0n) is 11.1. The normalized spacial score (nSPS) is 15.6. The average Bonchev–Trinajstić information content (AvgIpc) is 2.77. The van der Waals surface area contributed by atoms with E-state index in [-0.39, 0.29) is 5.75 Å². The van der Waals surface area contributed by atoms with Crippen LogP contribution in [-0.2, 0) is 0 Å². The minimum Gasteiger partial charge on any atom is -0.406 e. The molecule has 0 bridgehead atoms. The summed E-state index contributed by atoms with van der Waals surface area (Å²) in [6, 6.07) is 12.6. The second kappa shape index (κ2) is 5.18. The molecule has 0 radical (unpaired) electrons. The van der Waals surface area contributed by atoms with E-state index in [0.29, 0.717) is 17.4 Å². The number of aliphatic imine (C=N–C) groups is 2. The molecule has 0 atom stereocenters. The minimum atomic E-state index is -4.71. The summed E-state index contributed by atoms with van der Waals surface area (Å²) in [7, 11) is 0. The molecule has 1 aliphatic rings. The topological polar surface area (TPSA) is 60.0 Å². The fraction of sp³-hybridized carbons (Fsp3) is 0.0667. The fourth-order valence-electron chi connectivity index (χ4n) is 2.07. The van der Waals surface area contributed by atoms with Crippen molar-refractivity contribution in [2.24, 2.45) is 15.7 Å². The van der Waals surface area contributed by atoms with Gasteiger partial charge in [-0.3, -0.25) is 0 Å². The molecule has 22 heavy (non-hydrogen) atoms. The van der Waals surface area contributed by atoms with Crippen molar-refractivity contribution in [3.63, 3.8) is 0 Å². The lowest BCUT2D eigenvalue weighted by Crippen LogP contribution is -2.16. The second-order valence-corrected chi connectivity index (χ2v) is 4.52. The number of rotatable bonds is 2. The van der Waals surface area contributed by atoms with Crippen molar-refractivity contribution in [1.82, 2.24) is 0 Å². The Morgan fingerprint density at radius 1 is 0.955 bits per heavy atom. The molecule has 0 unspecified atom stereocenters. The number of nitrogens with zero attached hydrogens (tertiary/aromatic N) is 2. The number of fused-ring (bicyclic) bond motifs is 1. The molecule has 3 rings (SSSR count). The third kappa shape index (κ3) is 2.93. The van der Waals surface area contributed by atoms with Gasteiger partial charge in [0.25, 0.3) is 0 Å². The van der Waals surface area contributed by atoms with Gasteiger partial charge in [-0.25, -0.2) is 9.98 Å². The number of halogens is 3. The first kappa shape index (κ1) is 14.1. The number of amidine groups is 2. The van der Waals surface area contributed by atoms with Gasteiger partial charge in [0.2, 0.25) is 0 Å². The van der Waals surface area contributed by atoms with Crippen LogP contribution in [0.3, 0.4) is 0 Å². The van der Waals surface area contributed by atoms with Crippen molar-refractivity contribution in [2.45, 2.75) is 6.36 Å². The summed E-state index contributed by atoms with van der Waals surface area (Å²) in [6.07, 6.45) is -4.71. The van der Waals surface area contributed by atoms with Gasteiger partial charge in [-0.2, -0.15) is 0 Å². The van der Waals surface area contributed by atoms with Crippen LogP contribution in [0.5, 0.6) is 5.75 Å². The summed E-state index contributed by atoms with van der Waals surface area (Å²) in [5.74, 6) is 0.496. The number of alkyl halides is 3. The van der Waals surface area contributed by atoms with Gasteiger partial charge in [0.1, 0.15) is 11.6 Å². The molecule has 0 aromatic heterocycles. The lowest BCUT2D eigenvalue weighted by Gasteiger charge is -2.08. The van der Waals surface area contributed by atoms with E-state index in [1.54, 1.807) is 0 Å². The van der Waals surface area contributed by atoms with E-state index >= 15 is 0 Å². The van der Waals surface area contributed by atoms with Crippen LogP contribution in [-0.4, -0.2) is 18.0 Å². The van der Waals surface area contributed by atoms with Gasteiger partial charge in [-0.1, -0.05) is 24.3 Å². The number of ether oxygens (including phenoxy) is 1. The smallest absolute Gasteiger partial charge is 0.406 e. The second-order valence-electron chi connectivity index (χ2n) is 4.52. The molecule has 0 aliphatic carbocycles. The Hall–Kier alpha value is -2.83. The largest absolute Gasteiger partial charge is 0.573 e. The maximum atomic E-state index is 12.1. The van der Waals surface area contributed by atoms with Gasteiger partial charge in [0.05, 0.1) is 5.69 Å². The minimum absolute atomic E-state index is 0.300. The Morgan fingerprint density at radius 2 is 1.59 bits per heavy atom. The standard InChI is InChI=1S/C15H10F3N3O/c16-15(17,18)22-10-7-5-9(6-8-10)20-14-12-4-2-1-3-11(12)13(19)21-14/h1-8H,(H2,19,20,21). The third-order valence-electron chi connectivity index (χ3n) is 2.98. The highest BCUT2D eigenvalue weighted by Crippen LogP contribution is 2.26. The quantitative estimate of drug-likeness (QED) is 0.924. The predicted molar refractivity (Wildman–Crippen MR) is 76.5 cm³/mol. The maximum absolute atomic E-state index is 12.1. The average molecular weight is 305 g/mol. The molecule has 4 nitrogen and oxygen atoms in total. The first-order valence-electron chi connectivity index (χ1n) is 6.31. The SMILES string of the molecule is NC1=NC(=Nc2ccc(OC(F)(F)F)cc2)c2ccccc21. The van der Waals surface area contributed by atoms with Gasteiger partial charge < -0.3 is 10.5 Å². The Morgan fingerprint density at radius 3 is 2.23 bits per heavy atom. The molecule has 2 N–H and O–H groups in total. The van der Waals surface area contributed by atoms with Crippen LogP contribution in [0.25, 0.3) is 0 Å². The molecular formula is C15H10F3N3O. The molecule has 0 fully saturated rings. The Labute approximate surface area is 123 Å². The van der Waals surface area contributed by atoms with Crippen molar-refractivity contribution < 1.29 is 17.9 Å². The number of benzene rings is 2. The molecule has 0 saturated heterocycles. The van der Waals surface area contributed by atoms with Crippen LogP contribution in [0.1, 0.15) is 11.1 Å². The summed E-state index contributed by atoms with van der Waals surface area (Å²) in [6.45, 7) is 0. The molecule has 2 aromatic carbocycles. The van der Waals surface area contributed by atoms with Crippen molar-refractivity contribution in [3.8, 4) is 5.75 Å². The highest BCUT2D eigenvalue weighted by atomic mass is 19.4. The van der Waals surface area contributed by atoms with Gasteiger partial charge in [-0.15, -0.1) is 13.2 Å². The molecule has 0 spiro atoms. The van der Waals surface area contributed by atoms with E-state index in [1.165, 1.54) is 24.3 Å². The first-order chi connectivity index (χ1) is 10.4. The van der Waals surface area contributed by atoms with E-state index in [0.717, 1.165) is 11.1 Å². The summed E-state index contributed by atoms with van der Waals surface area (Å²) in [4.78, 5) is 8.47. The Kier molecular flexibility index (Phi) is 3.32. The van der Waals surface area contributed by atoms with Crippen molar-refractivity contribution in [3.05, 3.63) is 59.7 Å². The van der Waals surface area contributed by atoms with Crippen LogP contribution in [0, 0.1) is 0 Å². The summed E-state index contributed by atoms with van der Waals surface area (Å²) < 4.78 is 40.1. The molecule has 0 saturated carbocycles. The monoisotopic (exact) mass is 305 g/mol. The van der Waals surface area contributed by atoms with Crippen molar-refractivity contribution in [2.75, 3.05) is 0 Å². The molecule has 1 aliphatic heterocycles. The zero-order chi connectivity index (χ0) is 15.7. The summed E-state index contributed by atoms with van der Waals surface area (Å²) in [5.41, 5.74) is 7.84. The molecule has 0 amide bonds. The van der Waals surface area contributed by atoms with E-state index in [2.05, 4.69) is 14.7 Å². The van der Waals surface area contributed by atoms with E-state index in [1.807, 2.05) is 24.3 Å². The first-order valence-corrected chi connectivity index (χ1v) is 6.31. The van der Waals surface area contributed by atoms with E-state index < -0.39 is 6.36 Å². The molecule has 112 valence electrons. The van der Waals surface area contributed by atoms with Crippen LogP contribution in [0.2, 0.25) is 0 Å². The third-order valence-corrected chi connectivity index (χ3v) is 2.98. The van der Waals surface area contributed by atoms with Crippen LogP contribution in [0.15, 0.2) is 58.5 Å². The van der Waals surface area contributed by atoms with Gasteiger partial charge in [0, 0.05) is 11.1 Å². The Bertz CT molecular complexity index is 764. The predicted octanol–water partition coefficient (Wildman–Crippen LogP) is 3.38. The highest BCUT2D eigenvalue weighted by molar-refractivity contribution is 6.22. The van der Waals surface area contributed by atoms with Gasteiger partial charge in [-0.05, 0) is 24.3 Å². The Balaban J connectivity index is 1.88. The van der Waals surface area contributed by atoms with Crippen molar-refractivity contribution >= 4 is 17.4 Å². The van der Waals surface area contributed by atoms with Gasteiger partial charge in [0.15, 0.2) is 5.84 Å². The van der Waals surface area contributed by atoms with Crippen LogP contribution < -0.4 is 10.5 Å². The molecular weight excluding hydrogens is 295 g/mol. The van der Waals surface area contributed by atoms with Gasteiger partial charge >= 0.3 is 6.36 Å². The number of hydrogen-bond donors (Lipinski definition) is 1.